The smallest absolute Gasteiger partial charge is 0.374 e. The van der Waals surface area contributed by atoms with E-state index in [4.69, 9.17) is 4.74 Å². The van der Waals surface area contributed by atoms with Crippen molar-refractivity contribution in [2.24, 2.45) is 0 Å². The fraction of sp³-hybridized carbons (Fsp3) is 0.429. The Labute approximate surface area is 111 Å². The zero-order valence-electron chi connectivity index (χ0n) is 11.5. The molecule has 104 valence electrons. The first-order valence-corrected chi connectivity index (χ1v) is 5.77. The third kappa shape index (κ3) is 3.53. The van der Waals surface area contributed by atoms with Crippen molar-refractivity contribution >= 4 is 11.8 Å². The maximum Gasteiger partial charge on any atom is 0.374 e. The molecule has 0 aliphatic heterocycles. The molecule has 0 unspecified atom stereocenters. The van der Waals surface area contributed by atoms with Crippen LogP contribution >= 0.6 is 0 Å². The number of carbonyl (C=O) groups is 2. The molecule has 1 rings (SSSR count). The van der Waals surface area contributed by atoms with Crippen LogP contribution in [-0.4, -0.2) is 26.0 Å². The lowest BCUT2D eigenvalue weighted by molar-refractivity contribution is -0.152. The normalized spacial score (nSPS) is 11.0. The quantitative estimate of drug-likeness (QED) is 0.607. The molecule has 4 nitrogen and oxygen atoms in total. The Morgan fingerprint density at radius 3 is 2.42 bits per heavy atom. The molecule has 0 aliphatic rings. The molecule has 0 spiro atoms. The van der Waals surface area contributed by atoms with Crippen LogP contribution in [0.15, 0.2) is 18.2 Å². The van der Waals surface area contributed by atoms with E-state index in [1.807, 2.05) is 0 Å². The zero-order chi connectivity index (χ0) is 14.6. The number of ether oxygens (including phenoxy) is 2. The topological polar surface area (TPSA) is 52.6 Å². The summed E-state index contributed by atoms with van der Waals surface area (Å²) in [6, 6.07) is 4.08. The molecule has 0 fully saturated rings. The number of halogens is 1. The van der Waals surface area contributed by atoms with Crippen molar-refractivity contribution in [2.45, 2.75) is 25.7 Å². The highest BCUT2D eigenvalue weighted by atomic mass is 19.1. The van der Waals surface area contributed by atoms with Crippen molar-refractivity contribution < 1.29 is 23.5 Å². The lowest BCUT2D eigenvalue weighted by Gasteiger charge is -2.26. The minimum atomic E-state index is -0.900. The highest BCUT2D eigenvalue weighted by Gasteiger charge is 2.30. The van der Waals surface area contributed by atoms with Gasteiger partial charge in [0.1, 0.15) is 11.6 Å². The summed E-state index contributed by atoms with van der Waals surface area (Å²) in [6.45, 7) is 3.48. The van der Waals surface area contributed by atoms with Crippen LogP contribution in [0, 0.1) is 5.82 Å². The highest BCUT2D eigenvalue weighted by molar-refractivity contribution is 6.33. The third-order valence-electron chi connectivity index (χ3n) is 2.91. The van der Waals surface area contributed by atoms with Gasteiger partial charge in [0.05, 0.1) is 14.2 Å². The molecule has 0 radical (unpaired) electrons. The third-order valence-corrected chi connectivity index (χ3v) is 2.91. The minimum absolute atomic E-state index is 0.0838. The Morgan fingerprint density at radius 2 is 1.89 bits per heavy atom. The predicted octanol–water partition coefficient (Wildman–Crippen LogP) is 2.24. The summed E-state index contributed by atoms with van der Waals surface area (Å²) >= 11 is 0. The van der Waals surface area contributed by atoms with Gasteiger partial charge >= 0.3 is 5.97 Å². The Bertz CT molecular complexity index is 494. The van der Waals surface area contributed by atoms with Crippen LogP contribution in [0.5, 0.6) is 5.75 Å². The van der Waals surface area contributed by atoms with E-state index >= 15 is 0 Å². The molecule has 0 heterocycles. The molecule has 19 heavy (non-hydrogen) atoms. The number of benzene rings is 1. The summed E-state index contributed by atoms with van der Waals surface area (Å²) in [6.07, 6.45) is -0.0838. The maximum atomic E-state index is 13.3. The van der Waals surface area contributed by atoms with E-state index in [0.717, 1.165) is 7.11 Å². The summed E-state index contributed by atoms with van der Waals surface area (Å²) in [7, 11) is 2.62. The van der Waals surface area contributed by atoms with Gasteiger partial charge in [-0.2, -0.15) is 0 Å². The van der Waals surface area contributed by atoms with Gasteiger partial charge in [0.25, 0.3) is 0 Å². The van der Waals surface area contributed by atoms with E-state index in [1.165, 1.54) is 25.3 Å². The second kappa shape index (κ2) is 5.82. The highest BCUT2D eigenvalue weighted by Crippen LogP contribution is 2.35. The first kappa shape index (κ1) is 15.1. The van der Waals surface area contributed by atoms with Gasteiger partial charge in [-0.15, -0.1) is 0 Å². The number of hydrogen-bond acceptors (Lipinski definition) is 4. The lowest BCUT2D eigenvalue weighted by Crippen LogP contribution is -2.27. The van der Waals surface area contributed by atoms with Crippen LogP contribution in [-0.2, 0) is 19.7 Å². The molecular weight excluding hydrogens is 251 g/mol. The number of rotatable bonds is 5. The van der Waals surface area contributed by atoms with Gasteiger partial charge in [-0.05, 0) is 18.2 Å². The number of methoxy groups -OCH3 is 2. The Kier molecular flexibility index (Phi) is 4.64. The van der Waals surface area contributed by atoms with Crippen molar-refractivity contribution in [1.29, 1.82) is 0 Å². The summed E-state index contributed by atoms with van der Waals surface area (Å²) < 4.78 is 22.9. The van der Waals surface area contributed by atoms with Crippen LogP contribution in [0.25, 0.3) is 0 Å². The summed E-state index contributed by atoms with van der Waals surface area (Å²) in [5, 5.41) is 0. The van der Waals surface area contributed by atoms with Gasteiger partial charge in [-0.1, -0.05) is 13.8 Å². The standard InChI is InChI=1S/C14H17FO4/c1-14(2,8-11(16)13(17)19-4)10-7-9(15)5-6-12(10)18-3/h5-7H,8H2,1-4H3. The SMILES string of the molecule is COC(=O)C(=O)CC(C)(C)c1cc(F)ccc1OC. The Balaban J connectivity index is 3.09. The number of esters is 1. The van der Waals surface area contributed by atoms with Crippen molar-refractivity contribution in [3.05, 3.63) is 29.6 Å². The number of carbonyl (C=O) groups excluding carboxylic acids is 2. The molecule has 1 aromatic rings. The average molecular weight is 268 g/mol. The van der Waals surface area contributed by atoms with E-state index in [-0.39, 0.29) is 6.42 Å². The van der Waals surface area contributed by atoms with Crippen LogP contribution in [0.4, 0.5) is 4.39 Å². The van der Waals surface area contributed by atoms with Crippen molar-refractivity contribution in [1.82, 2.24) is 0 Å². The molecule has 0 bridgehead atoms. The molecule has 0 atom stereocenters. The molecule has 0 aromatic heterocycles. The molecule has 0 saturated heterocycles. The van der Waals surface area contributed by atoms with Gasteiger partial charge in [-0.25, -0.2) is 9.18 Å². The van der Waals surface area contributed by atoms with Gasteiger partial charge in [0.15, 0.2) is 0 Å². The first-order valence-electron chi connectivity index (χ1n) is 5.77. The monoisotopic (exact) mass is 268 g/mol. The van der Waals surface area contributed by atoms with Crippen LogP contribution in [0.2, 0.25) is 0 Å². The molecule has 0 saturated carbocycles. The second-order valence-corrected chi connectivity index (χ2v) is 4.82. The van der Waals surface area contributed by atoms with Crippen molar-refractivity contribution in [3.63, 3.8) is 0 Å². The van der Waals surface area contributed by atoms with Gasteiger partial charge < -0.3 is 9.47 Å². The lowest BCUT2D eigenvalue weighted by atomic mass is 9.79. The average Bonchev–Trinajstić information content (AvgIpc) is 2.37. The number of ketones is 1. The van der Waals surface area contributed by atoms with Crippen LogP contribution < -0.4 is 4.74 Å². The molecule has 0 aliphatic carbocycles. The fourth-order valence-corrected chi connectivity index (χ4v) is 1.89. The Morgan fingerprint density at radius 1 is 1.26 bits per heavy atom. The maximum absolute atomic E-state index is 13.3. The molecule has 0 N–H and O–H groups in total. The number of hydrogen-bond donors (Lipinski definition) is 0. The largest absolute Gasteiger partial charge is 0.496 e. The summed E-state index contributed by atoms with van der Waals surface area (Å²) in [5.74, 6) is -1.50. The summed E-state index contributed by atoms with van der Waals surface area (Å²) in [4.78, 5) is 22.8. The number of Topliss-reactive ketones (excluding diaryl/α,β-unsaturated/α-hetero) is 1. The zero-order valence-corrected chi connectivity index (χ0v) is 11.5. The Hall–Kier alpha value is -1.91. The van der Waals surface area contributed by atoms with E-state index in [9.17, 15) is 14.0 Å². The summed E-state index contributed by atoms with van der Waals surface area (Å²) in [5.41, 5.74) is -0.203. The van der Waals surface area contributed by atoms with E-state index in [2.05, 4.69) is 4.74 Å². The first-order chi connectivity index (χ1) is 8.81. The van der Waals surface area contributed by atoms with E-state index < -0.39 is 23.0 Å². The van der Waals surface area contributed by atoms with Crippen LogP contribution in [0.3, 0.4) is 0 Å². The minimum Gasteiger partial charge on any atom is -0.496 e. The molecule has 1 aromatic carbocycles. The molecule has 0 amide bonds. The van der Waals surface area contributed by atoms with E-state index in [1.54, 1.807) is 13.8 Å². The predicted molar refractivity (Wildman–Crippen MR) is 67.6 cm³/mol. The molecule has 5 heteroatoms. The van der Waals surface area contributed by atoms with Crippen LogP contribution in [0.1, 0.15) is 25.8 Å². The van der Waals surface area contributed by atoms with Gasteiger partial charge in [0, 0.05) is 17.4 Å². The second-order valence-electron chi connectivity index (χ2n) is 4.82. The van der Waals surface area contributed by atoms with Crippen molar-refractivity contribution in [3.8, 4) is 5.75 Å². The van der Waals surface area contributed by atoms with E-state index in [0.29, 0.717) is 11.3 Å². The fourth-order valence-electron chi connectivity index (χ4n) is 1.89. The van der Waals surface area contributed by atoms with Gasteiger partial charge in [0.2, 0.25) is 5.78 Å². The van der Waals surface area contributed by atoms with Crippen molar-refractivity contribution in [2.75, 3.05) is 14.2 Å². The molecular formula is C14H17FO4. The van der Waals surface area contributed by atoms with Gasteiger partial charge in [-0.3, -0.25) is 4.79 Å².